The number of rotatable bonds is 1. The predicted molar refractivity (Wildman–Crippen MR) is 109 cm³/mol. The second kappa shape index (κ2) is 8.57. The molecule has 6 heteroatoms. The Morgan fingerprint density at radius 3 is 2.39 bits per heavy atom. The molecule has 4 nitrogen and oxygen atoms in total. The molecule has 0 aliphatic carbocycles. The summed E-state index contributed by atoms with van der Waals surface area (Å²) < 4.78 is 0. The summed E-state index contributed by atoms with van der Waals surface area (Å²) in [6.45, 7) is 2.08. The molecule has 5 rings (SSSR count). The van der Waals surface area contributed by atoms with Gasteiger partial charge in [0.1, 0.15) is 0 Å². The molecule has 0 aliphatic rings. The number of pyridine rings is 1. The summed E-state index contributed by atoms with van der Waals surface area (Å²) in [6, 6.07) is 20.2. The van der Waals surface area contributed by atoms with Crippen LogP contribution >= 0.6 is 11.3 Å². The van der Waals surface area contributed by atoms with Crippen molar-refractivity contribution in [1.82, 2.24) is 9.97 Å². The quantitative estimate of drug-likeness (QED) is 0.217. The van der Waals surface area contributed by atoms with Gasteiger partial charge in [0.05, 0.1) is 5.51 Å². The first kappa shape index (κ1) is 20.1. The Labute approximate surface area is 179 Å². The normalized spacial score (nSPS) is 10.3. The zero-order valence-electron chi connectivity index (χ0n) is 14.8. The maximum atomic E-state index is 10.0. The minimum absolute atomic E-state index is 0. The van der Waals surface area contributed by atoms with Crippen molar-refractivity contribution in [2.24, 2.45) is 0 Å². The van der Waals surface area contributed by atoms with Gasteiger partial charge in [0.2, 0.25) is 0 Å². The molecule has 0 fully saturated rings. The summed E-state index contributed by atoms with van der Waals surface area (Å²) in [5.74, 6) is -0.966. The molecule has 0 amide bonds. The fourth-order valence-electron chi connectivity index (χ4n) is 3.10. The number of aryl methyl sites for hydroxylation is 1. The summed E-state index contributed by atoms with van der Waals surface area (Å²) in [6.07, 6.45) is 1.93. The van der Waals surface area contributed by atoms with Crippen molar-refractivity contribution in [2.45, 2.75) is 6.92 Å². The van der Waals surface area contributed by atoms with Crippen molar-refractivity contribution >= 4 is 49.8 Å². The number of aromatic nitrogens is 2. The van der Waals surface area contributed by atoms with E-state index in [4.69, 9.17) is 5.11 Å². The molecule has 0 spiro atoms. The molecule has 0 atom stereocenters. The van der Waals surface area contributed by atoms with Gasteiger partial charge < -0.3 is 10.1 Å². The number of hydrogen-bond donors (Lipinski definition) is 1. The Morgan fingerprint density at radius 1 is 1.04 bits per heavy atom. The van der Waals surface area contributed by atoms with Crippen molar-refractivity contribution in [3.8, 4) is 0 Å². The minimum atomic E-state index is -0.966. The molecular formula is C22H15IrN2O2S-. The van der Waals surface area contributed by atoms with Crippen molar-refractivity contribution in [3.05, 3.63) is 82.9 Å². The Morgan fingerprint density at radius 2 is 1.75 bits per heavy atom. The van der Waals surface area contributed by atoms with Gasteiger partial charge in [0.25, 0.3) is 0 Å². The molecular weight excluding hydrogens is 549 g/mol. The molecule has 0 aliphatic heterocycles. The molecule has 141 valence electrons. The third-order valence-corrected chi connectivity index (χ3v) is 4.86. The van der Waals surface area contributed by atoms with Crippen LogP contribution < -0.4 is 0 Å². The number of carbonyl (C=O) groups is 1. The molecule has 2 heterocycles. The molecule has 1 radical (unpaired) electrons. The number of benzene rings is 3. The first-order chi connectivity index (χ1) is 13.1. The van der Waals surface area contributed by atoms with Crippen LogP contribution in [0.25, 0.3) is 32.4 Å². The number of thiazole rings is 1. The minimum Gasteiger partial charge on any atom is -0.476 e. The van der Waals surface area contributed by atoms with Crippen LogP contribution in [0, 0.1) is 13.0 Å². The van der Waals surface area contributed by atoms with Crippen LogP contribution in [0.5, 0.6) is 0 Å². The van der Waals surface area contributed by atoms with Gasteiger partial charge in [-0.3, -0.25) is 0 Å². The van der Waals surface area contributed by atoms with Gasteiger partial charge >= 0.3 is 5.97 Å². The smallest absolute Gasteiger partial charge is 0.355 e. The van der Waals surface area contributed by atoms with E-state index in [9.17, 15) is 4.79 Å². The number of aromatic carboxylic acids is 1. The predicted octanol–water partition coefficient (Wildman–Crippen LogP) is 5.49. The van der Waals surface area contributed by atoms with Crippen molar-refractivity contribution in [2.75, 3.05) is 0 Å². The van der Waals surface area contributed by atoms with E-state index in [-0.39, 0.29) is 25.8 Å². The van der Waals surface area contributed by atoms with E-state index in [1.54, 1.807) is 0 Å². The average Bonchev–Trinajstić information content (AvgIpc) is 3.24. The van der Waals surface area contributed by atoms with Crippen molar-refractivity contribution in [3.63, 3.8) is 0 Å². The Kier molecular flexibility index (Phi) is 6.14. The largest absolute Gasteiger partial charge is 0.476 e. The summed E-state index contributed by atoms with van der Waals surface area (Å²) >= 11 is 1.28. The van der Waals surface area contributed by atoms with Crippen LogP contribution in [-0.4, -0.2) is 21.0 Å². The summed E-state index contributed by atoms with van der Waals surface area (Å²) in [5.41, 5.74) is 3.84. The first-order valence-electron chi connectivity index (χ1n) is 8.34. The number of carboxylic acid groups (broad SMARTS) is 1. The zero-order valence-corrected chi connectivity index (χ0v) is 18.1. The monoisotopic (exact) mass is 564 g/mol. The van der Waals surface area contributed by atoms with E-state index in [1.807, 2.05) is 18.3 Å². The zero-order chi connectivity index (χ0) is 18.8. The van der Waals surface area contributed by atoms with Gasteiger partial charge in [-0.2, -0.15) is 0 Å². The van der Waals surface area contributed by atoms with Gasteiger partial charge in [0, 0.05) is 31.7 Å². The number of nitrogens with zero attached hydrogens (tertiary/aromatic N) is 2. The Bertz CT molecular complexity index is 1230. The topological polar surface area (TPSA) is 63.1 Å². The molecule has 5 aromatic rings. The molecule has 0 bridgehead atoms. The summed E-state index contributed by atoms with van der Waals surface area (Å²) in [7, 11) is 0. The molecule has 1 N–H and O–H groups in total. The van der Waals surface area contributed by atoms with Crippen LogP contribution in [0.4, 0.5) is 0 Å². The molecule has 28 heavy (non-hydrogen) atoms. The van der Waals surface area contributed by atoms with E-state index >= 15 is 0 Å². The van der Waals surface area contributed by atoms with E-state index in [0.717, 1.165) is 10.9 Å². The molecule has 3 aromatic carbocycles. The summed E-state index contributed by atoms with van der Waals surface area (Å²) in [4.78, 5) is 18.2. The fraction of sp³-hybridized carbons (Fsp3) is 0.0455. The van der Waals surface area contributed by atoms with Crippen LogP contribution in [-0.2, 0) is 20.1 Å². The molecule has 0 saturated heterocycles. The Balaban J connectivity index is 0.000000213. The standard InChI is InChI=1S/C18H12N.C4H3NO2S.Ir/c1-12-10-17-15-8-3-2-6-13(15)14-7-4-5-9-16(14)18(17)19-11-12;6-4(7)3-1-8-2-5-3;/h2-8,10-11H,1H3;1-2H,(H,6,7);/q-1;;. The van der Waals surface area contributed by atoms with Crippen molar-refractivity contribution < 1.29 is 30.0 Å². The van der Waals surface area contributed by atoms with Gasteiger partial charge in [-0.1, -0.05) is 41.1 Å². The molecule has 2 aromatic heterocycles. The third-order valence-electron chi connectivity index (χ3n) is 4.28. The van der Waals surface area contributed by atoms with Crippen LogP contribution in [0.1, 0.15) is 16.1 Å². The SMILES string of the molecule is Cc1cnc2c3[c-]cccc3c3ccccc3c2c1.O=C(O)c1cscn1.[Ir]. The van der Waals surface area contributed by atoms with Crippen LogP contribution in [0.3, 0.4) is 0 Å². The van der Waals surface area contributed by atoms with Crippen molar-refractivity contribution in [1.29, 1.82) is 0 Å². The van der Waals surface area contributed by atoms with Gasteiger partial charge in [-0.05, 0) is 28.8 Å². The van der Waals surface area contributed by atoms with Gasteiger partial charge in [-0.25, -0.2) is 9.78 Å². The average molecular weight is 564 g/mol. The molecule has 0 unspecified atom stereocenters. The number of fused-ring (bicyclic) bond motifs is 6. The maximum Gasteiger partial charge on any atom is 0.355 e. The van der Waals surface area contributed by atoms with Gasteiger partial charge in [-0.15, -0.1) is 41.0 Å². The fourth-order valence-corrected chi connectivity index (χ4v) is 3.63. The first-order valence-corrected chi connectivity index (χ1v) is 9.28. The third kappa shape index (κ3) is 3.80. The van der Waals surface area contributed by atoms with E-state index in [0.29, 0.717) is 0 Å². The van der Waals surface area contributed by atoms with E-state index in [1.165, 1.54) is 49.3 Å². The Hall–Kier alpha value is -2.66. The number of carboxylic acids is 1. The second-order valence-electron chi connectivity index (χ2n) is 6.09. The number of hydrogen-bond acceptors (Lipinski definition) is 4. The summed E-state index contributed by atoms with van der Waals surface area (Å²) in [5, 5.41) is 15.8. The maximum absolute atomic E-state index is 10.0. The van der Waals surface area contributed by atoms with E-state index < -0.39 is 5.97 Å². The van der Waals surface area contributed by atoms with Gasteiger partial charge in [0.15, 0.2) is 5.69 Å². The van der Waals surface area contributed by atoms with Crippen LogP contribution in [0.2, 0.25) is 0 Å². The molecule has 0 saturated carbocycles. The van der Waals surface area contributed by atoms with E-state index in [2.05, 4.69) is 59.4 Å². The second-order valence-corrected chi connectivity index (χ2v) is 6.81. The van der Waals surface area contributed by atoms with Crippen LogP contribution in [0.15, 0.2) is 65.6 Å².